The summed E-state index contributed by atoms with van der Waals surface area (Å²) in [5.74, 6) is 0. The Kier molecular flexibility index (Phi) is 4.20. The number of rotatable bonds is 5. The van der Waals surface area contributed by atoms with Crippen molar-refractivity contribution in [2.75, 3.05) is 0 Å². The van der Waals surface area contributed by atoms with Gasteiger partial charge in [-0.3, -0.25) is 0 Å². The predicted molar refractivity (Wildman–Crippen MR) is 69.9 cm³/mol. The molecule has 0 aliphatic rings. The largest absolute Gasteiger partial charge is 0.364 e. The lowest BCUT2D eigenvalue weighted by atomic mass is 10.2. The van der Waals surface area contributed by atoms with E-state index in [0.717, 1.165) is 0 Å². The number of sulfonamides is 1. The van der Waals surface area contributed by atoms with Crippen LogP contribution in [0.2, 0.25) is 5.02 Å². The number of nitrogens with one attached hydrogen (secondary N) is 1. The molecule has 3 N–H and O–H groups in total. The van der Waals surface area contributed by atoms with Gasteiger partial charge in [0, 0.05) is 17.6 Å². The van der Waals surface area contributed by atoms with Crippen LogP contribution in [-0.2, 0) is 23.1 Å². The predicted octanol–water partition coefficient (Wildman–Crippen LogP) is 1.27. The molecule has 0 aliphatic carbocycles. The van der Waals surface area contributed by atoms with Gasteiger partial charge in [0.05, 0.1) is 17.1 Å². The Morgan fingerprint density at radius 1 is 1.37 bits per heavy atom. The van der Waals surface area contributed by atoms with Gasteiger partial charge in [-0.2, -0.15) is 0 Å². The molecule has 2 aromatic rings. The first kappa shape index (κ1) is 14.0. The first-order chi connectivity index (χ1) is 9.03. The van der Waals surface area contributed by atoms with Crippen molar-refractivity contribution < 1.29 is 12.9 Å². The van der Waals surface area contributed by atoms with Crippen molar-refractivity contribution in [2.45, 2.75) is 18.0 Å². The van der Waals surface area contributed by atoms with Crippen molar-refractivity contribution in [2.24, 2.45) is 5.73 Å². The summed E-state index contributed by atoms with van der Waals surface area (Å²) in [6, 6.07) is 5.96. The molecule has 0 amide bonds. The summed E-state index contributed by atoms with van der Waals surface area (Å²) in [5.41, 5.74) is 6.56. The SMILES string of the molecule is NCc1cc(S(=O)(=O)NCc2ccon2)ccc1Cl. The third kappa shape index (κ3) is 3.32. The molecule has 0 atom stereocenters. The van der Waals surface area contributed by atoms with Gasteiger partial charge in [0.2, 0.25) is 10.0 Å². The molecule has 0 aliphatic heterocycles. The molecular weight excluding hydrogens is 290 g/mol. The first-order valence-corrected chi connectivity index (χ1v) is 7.26. The van der Waals surface area contributed by atoms with Crippen LogP contribution in [0.25, 0.3) is 0 Å². The summed E-state index contributed by atoms with van der Waals surface area (Å²) < 4.78 is 31.1. The second-order valence-electron chi connectivity index (χ2n) is 3.77. The van der Waals surface area contributed by atoms with Crippen molar-refractivity contribution in [3.63, 3.8) is 0 Å². The fourth-order valence-corrected chi connectivity index (χ4v) is 2.70. The summed E-state index contributed by atoms with van der Waals surface area (Å²) >= 11 is 5.89. The molecule has 0 bridgehead atoms. The quantitative estimate of drug-likeness (QED) is 0.866. The summed E-state index contributed by atoms with van der Waals surface area (Å²) in [6.45, 7) is 0.227. The number of benzene rings is 1. The fraction of sp³-hybridized carbons (Fsp3) is 0.182. The van der Waals surface area contributed by atoms with Crippen LogP contribution in [0.5, 0.6) is 0 Å². The van der Waals surface area contributed by atoms with Crippen LogP contribution in [0.4, 0.5) is 0 Å². The highest BCUT2D eigenvalue weighted by atomic mass is 35.5. The van der Waals surface area contributed by atoms with Crippen LogP contribution in [0.3, 0.4) is 0 Å². The number of nitrogens with two attached hydrogens (primary N) is 1. The first-order valence-electron chi connectivity index (χ1n) is 5.40. The second kappa shape index (κ2) is 5.70. The van der Waals surface area contributed by atoms with Gasteiger partial charge in [0.15, 0.2) is 0 Å². The molecule has 1 heterocycles. The molecule has 1 aromatic carbocycles. The minimum Gasteiger partial charge on any atom is -0.364 e. The van der Waals surface area contributed by atoms with E-state index in [-0.39, 0.29) is 18.0 Å². The molecule has 2 rings (SSSR count). The molecule has 0 saturated carbocycles. The minimum absolute atomic E-state index is 0.0550. The Morgan fingerprint density at radius 2 is 2.16 bits per heavy atom. The highest BCUT2D eigenvalue weighted by Gasteiger charge is 2.15. The molecule has 8 heteroatoms. The maximum atomic E-state index is 12.1. The van der Waals surface area contributed by atoms with Gasteiger partial charge in [-0.25, -0.2) is 13.1 Å². The summed E-state index contributed by atoms with van der Waals surface area (Å²) in [7, 11) is -3.63. The van der Waals surface area contributed by atoms with E-state index in [4.69, 9.17) is 17.3 Å². The zero-order valence-corrected chi connectivity index (χ0v) is 11.4. The molecule has 0 unspecified atom stereocenters. The Hall–Kier alpha value is -1.41. The Balaban J connectivity index is 2.19. The van der Waals surface area contributed by atoms with E-state index < -0.39 is 10.0 Å². The molecule has 0 spiro atoms. The second-order valence-corrected chi connectivity index (χ2v) is 5.95. The minimum atomic E-state index is -3.63. The fourth-order valence-electron chi connectivity index (χ4n) is 1.46. The topological polar surface area (TPSA) is 98.2 Å². The van der Waals surface area contributed by atoms with E-state index in [1.807, 2.05) is 0 Å². The van der Waals surface area contributed by atoms with Crippen molar-refractivity contribution in [1.29, 1.82) is 0 Å². The van der Waals surface area contributed by atoms with Gasteiger partial charge in [-0.15, -0.1) is 0 Å². The Morgan fingerprint density at radius 3 is 2.79 bits per heavy atom. The van der Waals surface area contributed by atoms with Gasteiger partial charge in [0.25, 0.3) is 0 Å². The average Bonchev–Trinajstić information content (AvgIpc) is 2.90. The van der Waals surface area contributed by atoms with Gasteiger partial charge >= 0.3 is 0 Å². The van der Waals surface area contributed by atoms with Crippen LogP contribution in [0.15, 0.2) is 39.9 Å². The molecule has 0 saturated heterocycles. The van der Waals surface area contributed by atoms with E-state index in [1.54, 1.807) is 6.07 Å². The van der Waals surface area contributed by atoms with E-state index in [1.165, 1.54) is 24.5 Å². The smallest absolute Gasteiger partial charge is 0.240 e. The van der Waals surface area contributed by atoms with Crippen molar-refractivity contribution in [1.82, 2.24) is 9.88 Å². The lowest BCUT2D eigenvalue weighted by molar-refractivity contribution is 0.411. The van der Waals surface area contributed by atoms with E-state index in [0.29, 0.717) is 16.3 Å². The third-order valence-electron chi connectivity index (χ3n) is 2.48. The maximum absolute atomic E-state index is 12.1. The summed E-state index contributed by atoms with van der Waals surface area (Å²) in [6.07, 6.45) is 1.37. The van der Waals surface area contributed by atoms with E-state index >= 15 is 0 Å². The van der Waals surface area contributed by atoms with Crippen LogP contribution >= 0.6 is 11.6 Å². The summed E-state index contributed by atoms with van der Waals surface area (Å²) in [5, 5.41) is 4.06. The normalized spacial score (nSPS) is 11.7. The van der Waals surface area contributed by atoms with Crippen molar-refractivity contribution in [3.8, 4) is 0 Å². The highest BCUT2D eigenvalue weighted by molar-refractivity contribution is 7.89. The monoisotopic (exact) mass is 301 g/mol. The molecular formula is C11H12ClN3O3S. The highest BCUT2D eigenvalue weighted by Crippen LogP contribution is 2.20. The van der Waals surface area contributed by atoms with Crippen molar-refractivity contribution >= 4 is 21.6 Å². The van der Waals surface area contributed by atoms with Gasteiger partial charge in [-0.05, 0) is 23.8 Å². The zero-order valence-electron chi connectivity index (χ0n) is 9.84. The summed E-state index contributed by atoms with van der Waals surface area (Å²) in [4.78, 5) is 0.112. The van der Waals surface area contributed by atoms with E-state index in [9.17, 15) is 8.42 Å². The number of nitrogens with zero attached hydrogens (tertiary/aromatic N) is 1. The molecule has 6 nitrogen and oxygen atoms in total. The Bertz CT molecular complexity index is 656. The molecule has 0 fully saturated rings. The Labute approximate surface area is 115 Å². The van der Waals surface area contributed by atoms with Gasteiger partial charge < -0.3 is 10.3 Å². The van der Waals surface area contributed by atoms with Crippen molar-refractivity contribution in [3.05, 3.63) is 46.8 Å². The molecule has 1 aromatic heterocycles. The van der Waals surface area contributed by atoms with Crippen LogP contribution in [0.1, 0.15) is 11.3 Å². The van der Waals surface area contributed by atoms with Gasteiger partial charge in [0.1, 0.15) is 6.26 Å². The number of hydrogen-bond donors (Lipinski definition) is 2. The molecule has 19 heavy (non-hydrogen) atoms. The third-order valence-corrected chi connectivity index (χ3v) is 4.25. The standard InChI is InChI=1S/C11H12ClN3O3S/c12-11-2-1-10(5-8(11)6-13)19(16,17)14-7-9-3-4-18-15-9/h1-5,14H,6-7,13H2. The van der Waals surface area contributed by atoms with E-state index in [2.05, 4.69) is 14.4 Å². The molecule has 0 radical (unpaired) electrons. The lowest BCUT2D eigenvalue weighted by Crippen LogP contribution is -2.23. The van der Waals surface area contributed by atoms with Gasteiger partial charge in [-0.1, -0.05) is 16.8 Å². The number of aromatic nitrogens is 1. The number of hydrogen-bond acceptors (Lipinski definition) is 5. The zero-order chi connectivity index (χ0) is 13.9. The average molecular weight is 302 g/mol. The van der Waals surface area contributed by atoms with Crippen LogP contribution < -0.4 is 10.5 Å². The number of halogens is 1. The molecule has 102 valence electrons. The lowest BCUT2D eigenvalue weighted by Gasteiger charge is -2.07. The van der Waals surface area contributed by atoms with Crippen LogP contribution in [-0.4, -0.2) is 13.6 Å². The van der Waals surface area contributed by atoms with Crippen LogP contribution in [0, 0.1) is 0 Å². The maximum Gasteiger partial charge on any atom is 0.240 e.